The van der Waals surface area contributed by atoms with Crippen molar-refractivity contribution in [2.75, 3.05) is 39.4 Å². The maximum Gasteiger partial charge on any atom is 0.320 e. The van der Waals surface area contributed by atoms with E-state index in [1.165, 1.54) is 0 Å². The van der Waals surface area contributed by atoms with Crippen molar-refractivity contribution in [3.63, 3.8) is 0 Å². The number of carbonyl (C=O) groups is 2. The molecule has 1 heterocycles. The van der Waals surface area contributed by atoms with Crippen molar-refractivity contribution in [1.29, 1.82) is 0 Å². The maximum absolute atomic E-state index is 11.6. The number of aliphatic carboxylic acids is 1. The fourth-order valence-electron chi connectivity index (χ4n) is 1.86. The SMILES string of the molecule is N[C@@H](CCCCNC(=O)CN1CCOCC1)C(=O)O. The molecular weight excluding hydrogens is 250 g/mol. The molecule has 0 aliphatic carbocycles. The second-order valence-corrected chi connectivity index (χ2v) is 4.68. The van der Waals surface area contributed by atoms with E-state index in [-0.39, 0.29) is 5.91 Å². The molecule has 1 aliphatic rings. The lowest BCUT2D eigenvalue weighted by Crippen LogP contribution is -2.43. The Morgan fingerprint density at radius 2 is 2.00 bits per heavy atom. The van der Waals surface area contributed by atoms with Crippen LogP contribution in [0, 0.1) is 0 Å². The zero-order chi connectivity index (χ0) is 14.1. The van der Waals surface area contributed by atoms with Gasteiger partial charge in [-0.05, 0) is 19.3 Å². The van der Waals surface area contributed by atoms with Crippen molar-refractivity contribution in [3.05, 3.63) is 0 Å². The first-order chi connectivity index (χ1) is 9.09. The number of carbonyl (C=O) groups excluding carboxylic acids is 1. The minimum Gasteiger partial charge on any atom is -0.480 e. The summed E-state index contributed by atoms with van der Waals surface area (Å²) in [5.41, 5.74) is 5.38. The topological polar surface area (TPSA) is 105 Å². The van der Waals surface area contributed by atoms with Crippen LogP contribution in [0.2, 0.25) is 0 Å². The number of hydrogen-bond donors (Lipinski definition) is 3. The summed E-state index contributed by atoms with van der Waals surface area (Å²) >= 11 is 0. The van der Waals surface area contributed by atoms with Crippen molar-refractivity contribution >= 4 is 11.9 Å². The van der Waals surface area contributed by atoms with E-state index in [4.69, 9.17) is 15.6 Å². The summed E-state index contributed by atoms with van der Waals surface area (Å²) in [4.78, 5) is 24.1. The molecule has 110 valence electrons. The van der Waals surface area contributed by atoms with E-state index >= 15 is 0 Å². The Balaban J connectivity index is 1.99. The summed E-state index contributed by atoms with van der Waals surface area (Å²) in [6.45, 7) is 3.91. The number of carboxylic acids is 1. The van der Waals surface area contributed by atoms with Crippen molar-refractivity contribution < 1.29 is 19.4 Å². The molecule has 0 spiro atoms. The Labute approximate surface area is 113 Å². The highest BCUT2D eigenvalue weighted by Gasteiger charge is 2.14. The lowest BCUT2D eigenvalue weighted by molar-refractivity contribution is -0.138. The Morgan fingerprint density at radius 3 is 2.63 bits per heavy atom. The molecule has 0 aromatic rings. The highest BCUT2D eigenvalue weighted by molar-refractivity contribution is 5.78. The molecule has 1 atom stereocenters. The van der Waals surface area contributed by atoms with Gasteiger partial charge in [0.15, 0.2) is 0 Å². The quantitative estimate of drug-likeness (QED) is 0.491. The van der Waals surface area contributed by atoms with E-state index in [0.29, 0.717) is 39.1 Å². The molecule has 1 saturated heterocycles. The molecular formula is C12H23N3O4. The summed E-state index contributed by atoms with van der Waals surface area (Å²) in [5, 5.41) is 11.4. The molecule has 0 unspecified atom stereocenters. The predicted octanol–water partition coefficient (Wildman–Crippen LogP) is -0.983. The van der Waals surface area contributed by atoms with Crippen LogP contribution in [0.3, 0.4) is 0 Å². The lowest BCUT2D eigenvalue weighted by Gasteiger charge is -2.25. The third-order valence-corrected chi connectivity index (χ3v) is 3.05. The second-order valence-electron chi connectivity index (χ2n) is 4.68. The molecule has 1 fully saturated rings. The Bertz CT molecular complexity index is 293. The fraction of sp³-hybridized carbons (Fsp3) is 0.833. The van der Waals surface area contributed by atoms with Crippen LogP contribution in [0.25, 0.3) is 0 Å². The van der Waals surface area contributed by atoms with Crippen molar-refractivity contribution in [2.24, 2.45) is 5.73 Å². The number of unbranched alkanes of at least 4 members (excludes halogenated alkanes) is 1. The van der Waals surface area contributed by atoms with Crippen LogP contribution in [0.15, 0.2) is 0 Å². The molecule has 1 amide bonds. The van der Waals surface area contributed by atoms with Gasteiger partial charge in [-0.15, -0.1) is 0 Å². The fourth-order valence-corrected chi connectivity index (χ4v) is 1.86. The van der Waals surface area contributed by atoms with Crippen LogP contribution in [0.1, 0.15) is 19.3 Å². The van der Waals surface area contributed by atoms with E-state index in [2.05, 4.69) is 10.2 Å². The number of amides is 1. The summed E-state index contributed by atoms with van der Waals surface area (Å²) in [7, 11) is 0. The van der Waals surface area contributed by atoms with E-state index in [9.17, 15) is 9.59 Å². The molecule has 4 N–H and O–H groups in total. The monoisotopic (exact) mass is 273 g/mol. The Morgan fingerprint density at radius 1 is 1.32 bits per heavy atom. The predicted molar refractivity (Wildman–Crippen MR) is 69.7 cm³/mol. The first-order valence-corrected chi connectivity index (χ1v) is 6.65. The lowest BCUT2D eigenvalue weighted by atomic mass is 10.1. The summed E-state index contributed by atoms with van der Waals surface area (Å²) in [5.74, 6) is -0.971. The summed E-state index contributed by atoms with van der Waals surface area (Å²) < 4.78 is 5.20. The van der Waals surface area contributed by atoms with Gasteiger partial charge in [0.05, 0.1) is 19.8 Å². The minimum absolute atomic E-state index is 0.00410. The smallest absolute Gasteiger partial charge is 0.320 e. The average Bonchev–Trinajstić information content (AvgIpc) is 2.39. The molecule has 1 aliphatic heterocycles. The molecule has 0 aromatic heterocycles. The van der Waals surface area contributed by atoms with Gasteiger partial charge in [0.2, 0.25) is 5.91 Å². The van der Waals surface area contributed by atoms with Crippen molar-refractivity contribution in [2.45, 2.75) is 25.3 Å². The van der Waals surface area contributed by atoms with Gasteiger partial charge in [-0.3, -0.25) is 14.5 Å². The maximum atomic E-state index is 11.6. The Hall–Kier alpha value is -1.18. The first kappa shape index (κ1) is 15.9. The van der Waals surface area contributed by atoms with Crippen LogP contribution in [0.4, 0.5) is 0 Å². The van der Waals surface area contributed by atoms with Gasteiger partial charge in [-0.25, -0.2) is 0 Å². The van der Waals surface area contributed by atoms with Crippen LogP contribution < -0.4 is 11.1 Å². The zero-order valence-corrected chi connectivity index (χ0v) is 11.1. The normalized spacial score (nSPS) is 17.9. The summed E-state index contributed by atoms with van der Waals surface area (Å²) in [6.07, 6.45) is 1.88. The molecule has 0 aromatic carbocycles. The number of ether oxygens (including phenoxy) is 1. The standard InChI is InChI=1S/C12H23N3O4/c13-10(12(17)18)3-1-2-4-14-11(16)9-15-5-7-19-8-6-15/h10H,1-9,13H2,(H,14,16)(H,17,18)/t10-/m0/s1. The number of carboxylic acid groups (broad SMARTS) is 1. The summed E-state index contributed by atoms with van der Waals surface area (Å²) in [6, 6.07) is -0.802. The van der Waals surface area contributed by atoms with Gasteiger partial charge >= 0.3 is 5.97 Å². The second kappa shape index (κ2) is 8.84. The van der Waals surface area contributed by atoms with Gasteiger partial charge in [0.25, 0.3) is 0 Å². The van der Waals surface area contributed by atoms with Crippen molar-refractivity contribution in [1.82, 2.24) is 10.2 Å². The van der Waals surface area contributed by atoms with Crippen LogP contribution in [-0.2, 0) is 14.3 Å². The van der Waals surface area contributed by atoms with Gasteiger partial charge < -0.3 is 20.9 Å². The number of nitrogens with two attached hydrogens (primary N) is 1. The first-order valence-electron chi connectivity index (χ1n) is 6.65. The largest absolute Gasteiger partial charge is 0.480 e. The van der Waals surface area contributed by atoms with Gasteiger partial charge in [0.1, 0.15) is 6.04 Å². The zero-order valence-electron chi connectivity index (χ0n) is 11.1. The van der Waals surface area contributed by atoms with E-state index in [1.54, 1.807) is 0 Å². The molecule has 0 bridgehead atoms. The molecule has 0 saturated carbocycles. The molecule has 7 heteroatoms. The number of morpholine rings is 1. The highest BCUT2D eigenvalue weighted by atomic mass is 16.5. The number of rotatable bonds is 8. The minimum atomic E-state index is -0.976. The number of nitrogens with one attached hydrogen (secondary N) is 1. The van der Waals surface area contributed by atoms with Crippen LogP contribution in [0.5, 0.6) is 0 Å². The van der Waals surface area contributed by atoms with E-state index in [1.807, 2.05) is 0 Å². The number of hydrogen-bond acceptors (Lipinski definition) is 5. The third-order valence-electron chi connectivity index (χ3n) is 3.05. The van der Waals surface area contributed by atoms with Crippen molar-refractivity contribution in [3.8, 4) is 0 Å². The van der Waals surface area contributed by atoms with E-state index < -0.39 is 12.0 Å². The molecule has 7 nitrogen and oxygen atoms in total. The molecule has 19 heavy (non-hydrogen) atoms. The Kier molecular flexibility index (Phi) is 7.39. The van der Waals surface area contributed by atoms with Gasteiger partial charge in [-0.1, -0.05) is 0 Å². The van der Waals surface area contributed by atoms with Crippen LogP contribution in [-0.4, -0.2) is 67.3 Å². The van der Waals surface area contributed by atoms with E-state index in [0.717, 1.165) is 19.5 Å². The molecule has 0 radical (unpaired) electrons. The third kappa shape index (κ3) is 7.09. The molecule has 1 rings (SSSR count). The average molecular weight is 273 g/mol. The van der Waals surface area contributed by atoms with Gasteiger partial charge in [-0.2, -0.15) is 0 Å². The number of nitrogens with zero attached hydrogens (tertiary/aromatic N) is 1. The van der Waals surface area contributed by atoms with Crippen LogP contribution >= 0.6 is 0 Å². The van der Waals surface area contributed by atoms with Gasteiger partial charge in [0, 0.05) is 19.6 Å². The highest BCUT2D eigenvalue weighted by Crippen LogP contribution is 1.99.